The second-order valence-corrected chi connectivity index (χ2v) is 6.78. The van der Waals surface area contributed by atoms with Crippen LogP contribution < -0.4 is 0 Å². The first kappa shape index (κ1) is 15.6. The molecule has 2 fully saturated rings. The predicted molar refractivity (Wildman–Crippen MR) is 84.1 cm³/mol. The molecule has 2 atom stereocenters. The van der Waals surface area contributed by atoms with Crippen molar-refractivity contribution in [3.63, 3.8) is 0 Å². The van der Waals surface area contributed by atoms with Crippen LogP contribution in [0.3, 0.4) is 0 Å². The van der Waals surface area contributed by atoms with Crippen molar-refractivity contribution in [2.75, 3.05) is 26.3 Å². The molecule has 2 unspecified atom stereocenters. The van der Waals surface area contributed by atoms with Crippen LogP contribution in [0.4, 0.5) is 0 Å². The molecule has 0 bridgehead atoms. The fraction of sp³-hybridized carbons (Fsp3) is 0.706. The molecule has 0 aliphatic carbocycles. The fourth-order valence-corrected chi connectivity index (χ4v) is 3.48. The molecule has 1 aromatic rings. The second kappa shape index (κ2) is 6.05. The second-order valence-electron chi connectivity index (χ2n) is 6.78. The van der Waals surface area contributed by atoms with Gasteiger partial charge in [0.25, 0.3) is 5.91 Å². The Morgan fingerprint density at radius 1 is 1.55 bits per heavy atom. The zero-order valence-electron chi connectivity index (χ0n) is 13.7. The van der Waals surface area contributed by atoms with Gasteiger partial charge in [-0.2, -0.15) is 0 Å². The standard InChI is InChI=1S/C17H26N2O3/c1-4-13-9-19(10-17(22-13)6-8-21-11-17)16(20)14-5-7-18-15(14)12(2)3/h5,7,12-13,18H,4,6,8-11H2,1-3H3. The minimum absolute atomic E-state index is 0.0980. The summed E-state index contributed by atoms with van der Waals surface area (Å²) < 4.78 is 11.8. The van der Waals surface area contributed by atoms with E-state index in [4.69, 9.17) is 9.47 Å². The molecule has 1 spiro atoms. The van der Waals surface area contributed by atoms with Crippen molar-refractivity contribution in [2.24, 2.45) is 0 Å². The number of nitrogens with zero attached hydrogens (tertiary/aromatic N) is 1. The molecule has 122 valence electrons. The molecule has 5 nitrogen and oxygen atoms in total. The van der Waals surface area contributed by atoms with Crippen LogP contribution in [-0.4, -0.2) is 53.8 Å². The first-order valence-corrected chi connectivity index (χ1v) is 8.27. The van der Waals surface area contributed by atoms with Crippen LogP contribution in [0.15, 0.2) is 12.3 Å². The van der Waals surface area contributed by atoms with Gasteiger partial charge in [-0.15, -0.1) is 0 Å². The van der Waals surface area contributed by atoms with Gasteiger partial charge in [0, 0.05) is 31.5 Å². The maximum Gasteiger partial charge on any atom is 0.255 e. The van der Waals surface area contributed by atoms with Gasteiger partial charge in [-0.3, -0.25) is 4.79 Å². The van der Waals surface area contributed by atoms with Crippen molar-refractivity contribution in [1.82, 2.24) is 9.88 Å². The summed E-state index contributed by atoms with van der Waals surface area (Å²) in [5.74, 6) is 0.415. The lowest BCUT2D eigenvalue weighted by molar-refractivity contribution is -0.145. The van der Waals surface area contributed by atoms with E-state index in [0.29, 0.717) is 25.6 Å². The molecule has 2 aliphatic heterocycles. The molecule has 5 heteroatoms. The number of rotatable bonds is 3. The van der Waals surface area contributed by atoms with Crippen molar-refractivity contribution in [3.8, 4) is 0 Å². The Bertz CT molecular complexity index is 532. The smallest absolute Gasteiger partial charge is 0.255 e. The number of hydrogen-bond donors (Lipinski definition) is 1. The average molecular weight is 306 g/mol. The number of hydrogen-bond acceptors (Lipinski definition) is 3. The molecule has 22 heavy (non-hydrogen) atoms. The van der Waals surface area contributed by atoms with Crippen molar-refractivity contribution in [1.29, 1.82) is 0 Å². The Balaban J connectivity index is 1.83. The highest BCUT2D eigenvalue weighted by Crippen LogP contribution is 2.32. The Labute approximate surface area is 132 Å². The van der Waals surface area contributed by atoms with Gasteiger partial charge in [-0.1, -0.05) is 20.8 Å². The lowest BCUT2D eigenvalue weighted by atomic mass is 9.97. The van der Waals surface area contributed by atoms with E-state index < -0.39 is 0 Å². The SMILES string of the molecule is CCC1CN(C(=O)c2cc[nH]c2C(C)C)CC2(CCOC2)O1. The molecule has 1 amide bonds. The summed E-state index contributed by atoms with van der Waals surface area (Å²) >= 11 is 0. The topological polar surface area (TPSA) is 54.6 Å². The van der Waals surface area contributed by atoms with E-state index in [-0.39, 0.29) is 17.6 Å². The summed E-state index contributed by atoms with van der Waals surface area (Å²) in [6.07, 6.45) is 3.74. The van der Waals surface area contributed by atoms with Gasteiger partial charge in [-0.05, 0) is 18.4 Å². The quantitative estimate of drug-likeness (QED) is 0.933. The van der Waals surface area contributed by atoms with Crippen LogP contribution in [0.2, 0.25) is 0 Å². The monoisotopic (exact) mass is 306 g/mol. The highest BCUT2D eigenvalue weighted by molar-refractivity contribution is 5.95. The third kappa shape index (κ3) is 2.79. The molecule has 2 saturated heterocycles. The molecule has 0 saturated carbocycles. The number of morpholine rings is 1. The number of aromatic amines is 1. The van der Waals surface area contributed by atoms with E-state index in [1.807, 2.05) is 17.2 Å². The number of ether oxygens (including phenoxy) is 2. The highest BCUT2D eigenvalue weighted by atomic mass is 16.6. The lowest BCUT2D eigenvalue weighted by Gasteiger charge is -2.43. The van der Waals surface area contributed by atoms with E-state index >= 15 is 0 Å². The van der Waals surface area contributed by atoms with E-state index in [9.17, 15) is 4.79 Å². The van der Waals surface area contributed by atoms with Gasteiger partial charge < -0.3 is 19.4 Å². The van der Waals surface area contributed by atoms with Crippen LogP contribution in [-0.2, 0) is 9.47 Å². The summed E-state index contributed by atoms with van der Waals surface area (Å²) in [6.45, 7) is 8.92. The predicted octanol–water partition coefficient (Wildman–Crippen LogP) is 2.55. The molecule has 0 aromatic carbocycles. The van der Waals surface area contributed by atoms with Crippen LogP contribution >= 0.6 is 0 Å². The molecule has 3 rings (SSSR count). The molecular weight excluding hydrogens is 280 g/mol. The lowest BCUT2D eigenvalue weighted by Crippen LogP contribution is -2.57. The van der Waals surface area contributed by atoms with Crippen LogP contribution in [0.25, 0.3) is 0 Å². The zero-order chi connectivity index (χ0) is 15.7. The molecular formula is C17H26N2O3. The number of aromatic nitrogens is 1. The number of amides is 1. The van der Waals surface area contributed by atoms with Gasteiger partial charge in [0.05, 0.1) is 24.8 Å². The van der Waals surface area contributed by atoms with Gasteiger partial charge >= 0.3 is 0 Å². The van der Waals surface area contributed by atoms with Gasteiger partial charge in [0.1, 0.15) is 5.60 Å². The largest absolute Gasteiger partial charge is 0.378 e. The van der Waals surface area contributed by atoms with E-state index in [2.05, 4.69) is 25.8 Å². The van der Waals surface area contributed by atoms with E-state index in [1.54, 1.807) is 0 Å². The van der Waals surface area contributed by atoms with Crippen LogP contribution in [0, 0.1) is 0 Å². The first-order valence-electron chi connectivity index (χ1n) is 8.27. The maximum atomic E-state index is 13.0. The van der Waals surface area contributed by atoms with Gasteiger partial charge in [0.15, 0.2) is 0 Å². The van der Waals surface area contributed by atoms with Crippen molar-refractivity contribution in [3.05, 3.63) is 23.5 Å². The van der Waals surface area contributed by atoms with Crippen LogP contribution in [0.5, 0.6) is 0 Å². The Morgan fingerprint density at radius 2 is 2.36 bits per heavy atom. The molecule has 2 aliphatic rings. The van der Waals surface area contributed by atoms with Crippen molar-refractivity contribution < 1.29 is 14.3 Å². The summed E-state index contributed by atoms with van der Waals surface area (Å²) in [4.78, 5) is 18.2. The van der Waals surface area contributed by atoms with Gasteiger partial charge in [0.2, 0.25) is 0 Å². The zero-order valence-corrected chi connectivity index (χ0v) is 13.7. The summed E-state index contributed by atoms with van der Waals surface area (Å²) in [7, 11) is 0. The normalized spacial score (nSPS) is 28.7. The summed E-state index contributed by atoms with van der Waals surface area (Å²) in [5.41, 5.74) is 1.50. The Morgan fingerprint density at radius 3 is 3.00 bits per heavy atom. The number of nitrogens with one attached hydrogen (secondary N) is 1. The van der Waals surface area contributed by atoms with E-state index in [0.717, 1.165) is 30.7 Å². The first-order chi connectivity index (χ1) is 10.5. The average Bonchev–Trinajstić information content (AvgIpc) is 3.15. The summed E-state index contributed by atoms with van der Waals surface area (Å²) in [5, 5.41) is 0. The van der Waals surface area contributed by atoms with Crippen LogP contribution in [0.1, 0.15) is 55.6 Å². The molecule has 1 aromatic heterocycles. The third-order valence-electron chi connectivity index (χ3n) is 4.72. The summed E-state index contributed by atoms with van der Waals surface area (Å²) in [6, 6.07) is 1.89. The van der Waals surface area contributed by atoms with Gasteiger partial charge in [-0.25, -0.2) is 0 Å². The Kier molecular flexibility index (Phi) is 4.28. The maximum absolute atomic E-state index is 13.0. The highest BCUT2D eigenvalue weighted by Gasteiger charge is 2.45. The number of H-pyrrole nitrogens is 1. The van der Waals surface area contributed by atoms with Crippen molar-refractivity contribution >= 4 is 5.91 Å². The minimum Gasteiger partial charge on any atom is -0.378 e. The fourth-order valence-electron chi connectivity index (χ4n) is 3.48. The van der Waals surface area contributed by atoms with Crippen molar-refractivity contribution in [2.45, 2.75) is 51.2 Å². The van der Waals surface area contributed by atoms with E-state index in [1.165, 1.54) is 0 Å². The minimum atomic E-state index is -0.303. The molecule has 1 N–H and O–H groups in total. The third-order valence-corrected chi connectivity index (χ3v) is 4.72. The Hall–Kier alpha value is -1.33. The molecule has 3 heterocycles. The number of carbonyl (C=O) groups excluding carboxylic acids is 1. The molecule has 0 radical (unpaired) electrons. The number of carbonyl (C=O) groups is 1.